The lowest BCUT2D eigenvalue weighted by Crippen LogP contribution is -2.20. The molecule has 2 aromatic carbocycles. The van der Waals surface area contributed by atoms with Crippen LogP contribution in [0.15, 0.2) is 83.3 Å². The van der Waals surface area contributed by atoms with Gasteiger partial charge in [0.1, 0.15) is 5.75 Å². The molecule has 2 aromatic heterocycles. The second kappa shape index (κ2) is 10.6. The lowest BCUT2D eigenvalue weighted by atomic mass is 10.2. The van der Waals surface area contributed by atoms with Crippen LogP contribution in [0.25, 0.3) is 17.1 Å². The molecule has 0 radical (unpaired) electrons. The van der Waals surface area contributed by atoms with Crippen LogP contribution in [-0.4, -0.2) is 44.7 Å². The van der Waals surface area contributed by atoms with Crippen molar-refractivity contribution in [2.75, 3.05) is 12.9 Å². The number of nitrogens with zero attached hydrogens (tertiary/aromatic N) is 5. The highest BCUT2D eigenvalue weighted by Gasteiger charge is 2.17. The first-order valence-electron chi connectivity index (χ1n) is 10.2. The van der Waals surface area contributed by atoms with Crippen molar-refractivity contribution < 1.29 is 9.53 Å². The van der Waals surface area contributed by atoms with E-state index in [-0.39, 0.29) is 11.7 Å². The van der Waals surface area contributed by atoms with Gasteiger partial charge in [0.25, 0.3) is 5.91 Å². The van der Waals surface area contributed by atoms with Gasteiger partial charge in [0, 0.05) is 23.6 Å². The van der Waals surface area contributed by atoms with E-state index >= 15 is 0 Å². The van der Waals surface area contributed by atoms with E-state index in [2.05, 4.69) is 25.7 Å². The summed E-state index contributed by atoms with van der Waals surface area (Å²) in [6, 6.07) is 19.3. The number of aryl methyl sites for hydroxylation is 1. The van der Waals surface area contributed by atoms with Crippen LogP contribution in [0.4, 0.5) is 0 Å². The number of pyridine rings is 1. The number of aromatic nitrogens is 4. The van der Waals surface area contributed by atoms with Crippen LogP contribution in [0.5, 0.6) is 5.75 Å². The molecular weight excluding hydrogens is 436 g/mol. The molecule has 0 atom stereocenters. The zero-order valence-corrected chi connectivity index (χ0v) is 19.0. The molecule has 2 heterocycles. The van der Waals surface area contributed by atoms with Gasteiger partial charge >= 0.3 is 0 Å². The molecule has 0 bridgehead atoms. The van der Waals surface area contributed by atoms with Crippen LogP contribution < -0.4 is 10.2 Å². The smallest absolute Gasteiger partial charge is 0.250 e. The summed E-state index contributed by atoms with van der Waals surface area (Å²) in [4.78, 5) is 16.3. The first-order valence-corrected chi connectivity index (χ1v) is 11.1. The fourth-order valence-electron chi connectivity index (χ4n) is 3.01. The summed E-state index contributed by atoms with van der Waals surface area (Å²) in [5.41, 5.74) is 6.34. The van der Waals surface area contributed by atoms with Gasteiger partial charge in [-0.2, -0.15) is 5.10 Å². The number of hydrogen-bond acceptors (Lipinski definition) is 7. The fraction of sp³-hybridized carbons (Fsp3) is 0.125. The predicted octanol–water partition coefficient (Wildman–Crippen LogP) is 3.89. The number of methoxy groups -OCH3 is 1. The van der Waals surface area contributed by atoms with Gasteiger partial charge < -0.3 is 4.74 Å². The molecule has 0 aliphatic rings. The minimum absolute atomic E-state index is 0.139. The highest BCUT2D eigenvalue weighted by atomic mass is 32.2. The number of thioether (sulfide) groups is 1. The van der Waals surface area contributed by atoms with Crippen LogP contribution in [0.3, 0.4) is 0 Å². The fourth-order valence-corrected chi connectivity index (χ4v) is 3.75. The number of hydrazone groups is 1. The molecule has 8 nitrogen and oxygen atoms in total. The van der Waals surface area contributed by atoms with E-state index in [1.54, 1.807) is 37.9 Å². The summed E-state index contributed by atoms with van der Waals surface area (Å²) >= 11 is 1.29. The molecule has 4 rings (SSSR count). The zero-order chi connectivity index (χ0) is 23.0. The number of nitrogens with one attached hydrogen (secondary N) is 1. The molecule has 4 aromatic rings. The van der Waals surface area contributed by atoms with Crippen molar-refractivity contribution in [1.29, 1.82) is 0 Å². The second-order valence-electron chi connectivity index (χ2n) is 7.07. The first kappa shape index (κ1) is 22.2. The van der Waals surface area contributed by atoms with E-state index in [9.17, 15) is 4.79 Å². The summed E-state index contributed by atoms with van der Waals surface area (Å²) in [5.74, 6) is 1.34. The Hall–Kier alpha value is -3.98. The van der Waals surface area contributed by atoms with Gasteiger partial charge in [-0.05, 0) is 61.0 Å². The largest absolute Gasteiger partial charge is 0.497 e. The monoisotopic (exact) mass is 458 g/mol. The number of carbonyl (C=O) groups excluding carboxylic acids is 1. The van der Waals surface area contributed by atoms with Crippen molar-refractivity contribution >= 4 is 23.9 Å². The molecule has 1 N–H and O–H groups in total. The molecule has 0 aliphatic carbocycles. The van der Waals surface area contributed by atoms with E-state index in [0.29, 0.717) is 11.0 Å². The Bertz CT molecular complexity index is 1240. The SMILES string of the molecule is COc1ccc(-c2nnc(SCC(=O)N/N=C\c3ccncc3)n2-c2ccc(C)cc2)cc1. The van der Waals surface area contributed by atoms with Crippen LogP contribution in [0.1, 0.15) is 11.1 Å². The van der Waals surface area contributed by atoms with Crippen molar-refractivity contribution in [1.82, 2.24) is 25.2 Å². The molecule has 0 saturated carbocycles. The summed E-state index contributed by atoms with van der Waals surface area (Å²) in [6.07, 6.45) is 4.90. The molecule has 9 heteroatoms. The average Bonchev–Trinajstić information content (AvgIpc) is 3.28. The number of amides is 1. The minimum Gasteiger partial charge on any atom is -0.497 e. The topological polar surface area (TPSA) is 94.3 Å². The quantitative estimate of drug-likeness (QED) is 0.245. The third kappa shape index (κ3) is 5.64. The highest BCUT2D eigenvalue weighted by Crippen LogP contribution is 2.29. The molecule has 0 aliphatic heterocycles. The van der Waals surface area contributed by atoms with Gasteiger partial charge in [-0.25, -0.2) is 5.43 Å². The van der Waals surface area contributed by atoms with Gasteiger partial charge in [0.05, 0.1) is 19.1 Å². The summed E-state index contributed by atoms with van der Waals surface area (Å²) in [7, 11) is 1.63. The molecule has 0 saturated heterocycles. The first-order chi connectivity index (χ1) is 16.1. The summed E-state index contributed by atoms with van der Waals surface area (Å²) in [5, 5.41) is 13.4. The number of ether oxygens (including phenoxy) is 1. The Morgan fingerprint density at radius 3 is 2.48 bits per heavy atom. The standard InChI is InChI=1S/C24H22N6O2S/c1-17-3-7-20(8-4-17)30-23(19-5-9-21(32-2)10-6-19)28-29-24(30)33-16-22(31)27-26-15-18-11-13-25-14-12-18/h3-15H,16H2,1-2H3,(H,27,31)/b26-15-. The van der Waals surface area contributed by atoms with Gasteiger partial charge in [-0.1, -0.05) is 29.5 Å². The van der Waals surface area contributed by atoms with Gasteiger partial charge in [0.2, 0.25) is 0 Å². The zero-order valence-electron chi connectivity index (χ0n) is 18.2. The normalized spacial score (nSPS) is 11.0. The minimum atomic E-state index is -0.241. The van der Waals surface area contributed by atoms with Crippen molar-refractivity contribution in [3.63, 3.8) is 0 Å². The maximum absolute atomic E-state index is 12.3. The van der Waals surface area contributed by atoms with Crippen LogP contribution >= 0.6 is 11.8 Å². The van der Waals surface area contributed by atoms with Gasteiger partial charge in [0.15, 0.2) is 11.0 Å². The Kier molecular flexibility index (Phi) is 7.11. The van der Waals surface area contributed by atoms with Crippen molar-refractivity contribution in [2.45, 2.75) is 12.1 Å². The summed E-state index contributed by atoms with van der Waals surface area (Å²) < 4.78 is 7.20. The van der Waals surface area contributed by atoms with Crippen molar-refractivity contribution in [3.8, 4) is 22.8 Å². The van der Waals surface area contributed by atoms with Gasteiger partial charge in [-0.3, -0.25) is 14.3 Å². The van der Waals surface area contributed by atoms with E-state index in [1.165, 1.54) is 11.8 Å². The second-order valence-corrected chi connectivity index (χ2v) is 8.01. The summed E-state index contributed by atoms with van der Waals surface area (Å²) in [6.45, 7) is 2.03. The Labute approximate surface area is 195 Å². The molecule has 166 valence electrons. The van der Waals surface area contributed by atoms with Crippen molar-refractivity contribution in [3.05, 3.63) is 84.2 Å². The number of benzene rings is 2. The lowest BCUT2D eigenvalue weighted by Gasteiger charge is -2.11. The molecule has 0 spiro atoms. The number of hydrogen-bond donors (Lipinski definition) is 1. The van der Waals surface area contributed by atoms with E-state index in [4.69, 9.17) is 4.74 Å². The Morgan fingerprint density at radius 2 is 1.79 bits per heavy atom. The van der Waals surface area contributed by atoms with Gasteiger partial charge in [-0.15, -0.1) is 10.2 Å². The molecule has 0 fully saturated rings. The maximum atomic E-state index is 12.3. The Morgan fingerprint density at radius 1 is 1.06 bits per heavy atom. The van der Waals surface area contributed by atoms with E-state index in [1.807, 2.05) is 60.0 Å². The Balaban J connectivity index is 1.53. The third-order valence-electron chi connectivity index (χ3n) is 4.72. The highest BCUT2D eigenvalue weighted by molar-refractivity contribution is 7.99. The number of rotatable bonds is 8. The van der Waals surface area contributed by atoms with Crippen LogP contribution in [0.2, 0.25) is 0 Å². The van der Waals surface area contributed by atoms with Crippen LogP contribution in [0, 0.1) is 6.92 Å². The molecular formula is C24H22N6O2S. The van der Waals surface area contributed by atoms with E-state index < -0.39 is 0 Å². The van der Waals surface area contributed by atoms with Crippen LogP contribution in [-0.2, 0) is 4.79 Å². The van der Waals surface area contributed by atoms with E-state index in [0.717, 1.165) is 28.1 Å². The third-order valence-corrected chi connectivity index (χ3v) is 5.64. The predicted molar refractivity (Wildman–Crippen MR) is 129 cm³/mol. The number of carbonyl (C=O) groups is 1. The average molecular weight is 459 g/mol. The lowest BCUT2D eigenvalue weighted by molar-refractivity contribution is -0.118. The molecule has 33 heavy (non-hydrogen) atoms. The molecule has 1 amide bonds. The molecule has 0 unspecified atom stereocenters. The maximum Gasteiger partial charge on any atom is 0.250 e. The van der Waals surface area contributed by atoms with Crippen molar-refractivity contribution in [2.24, 2.45) is 5.10 Å².